The molecule has 1 aliphatic heterocycles. The van der Waals surface area contributed by atoms with Crippen molar-refractivity contribution in [2.45, 2.75) is 36.3 Å². The molecule has 1 fully saturated rings. The van der Waals surface area contributed by atoms with Gasteiger partial charge in [0.1, 0.15) is 5.82 Å². The van der Waals surface area contributed by atoms with E-state index in [1.54, 1.807) is 12.1 Å². The average molecular weight is 378 g/mol. The Morgan fingerprint density at radius 3 is 2.80 bits per heavy atom. The highest BCUT2D eigenvalue weighted by atomic mass is 79.9. The molecule has 3 unspecified atom stereocenters. The summed E-state index contributed by atoms with van der Waals surface area (Å²) in [6, 6.07) is 5.43. The molecule has 1 aromatic rings. The van der Waals surface area contributed by atoms with E-state index < -0.39 is 0 Å². The van der Waals surface area contributed by atoms with Gasteiger partial charge in [0.05, 0.1) is 0 Å². The molecule has 1 N–H and O–H groups in total. The summed E-state index contributed by atoms with van der Waals surface area (Å²) in [4.78, 5) is 0. The van der Waals surface area contributed by atoms with Gasteiger partial charge < -0.3 is 5.32 Å². The van der Waals surface area contributed by atoms with Crippen LogP contribution in [0.5, 0.6) is 0 Å². The van der Waals surface area contributed by atoms with Crippen molar-refractivity contribution in [1.29, 1.82) is 0 Å². The molecule has 0 amide bonds. The summed E-state index contributed by atoms with van der Waals surface area (Å²) >= 11 is 7.66. The number of likely N-dealkylation sites (N-methyl/N-ethyl adjacent to an activating group) is 1. The SMILES string of the molecule is CCC1SCCSC1C(Cc1ccc(F)cc1Br)NC. The number of rotatable bonds is 5. The molecule has 1 aliphatic rings. The fraction of sp³-hybridized carbons (Fsp3) is 0.600. The molecule has 0 radical (unpaired) electrons. The highest BCUT2D eigenvalue weighted by molar-refractivity contribution is 9.10. The number of halogens is 2. The molecule has 1 saturated heterocycles. The van der Waals surface area contributed by atoms with Crippen molar-refractivity contribution < 1.29 is 4.39 Å². The van der Waals surface area contributed by atoms with E-state index in [1.165, 1.54) is 23.5 Å². The van der Waals surface area contributed by atoms with Gasteiger partial charge in [0.25, 0.3) is 0 Å². The third kappa shape index (κ3) is 4.15. The Morgan fingerprint density at radius 2 is 2.15 bits per heavy atom. The number of hydrogen-bond acceptors (Lipinski definition) is 3. The summed E-state index contributed by atoms with van der Waals surface area (Å²) in [5.74, 6) is 2.31. The molecule has 112 valence electrons. The Labute approximate surface area is 138 Å². The van der Waals surface area contributed by atoms with Gasteiger partial charge in [0, 0.05) is 32.5 Å². The van der Waals surface area contributed by atoms with Crippen molar-refractivity contribution in [3.8, 4) is 0 Å². The highest BCUT2D eigenvalue weighted by Crippen LogP contribution is 2.36. The molecule has 0 spiro atoms. The van der Waals surface area contributed by atoms with Gasteiger partial charge in [-0.25, -0.2) is 4.39 Å². The molecule has 0 aromatic heterocycles. The molecule has 0 aliphatic carbocycles. The molecule has 1 heterocycles. The first-order chi connectivity index (χ1) is 9.65. The Bertz CT molecular complexity index is 444. The maximum Gasteiger partial charge on any atom is 0.124 e. The third-order valence-electron chi connectivity index (χ3n) is 3.72. The van der Waals surface area contributed by atoms with Gasteiger partial charge in [-0.2, -0.15) is 23.5 Å². The predicted molar refractivity (Wildman–Crippen MR) is 93.4 cm³/mol. The van der Waals surface area contributed by atoms with Crippen molar-refractivity contribution in [2.24, 2.45) is 0 Å². The van der Waals surface area contributed by atoms with Crippen molar-refractivity contribution in [3.05, 3.63) is 34.1 Å². The van der Waals surface area contributed by atoms with Crippen LogP contribution < -0.4 is 5.32 Å². The molecule has 3 atom stereocenters. The van der Waals surface area contributed by atoms with Crippen LogP contribution in [0.1, 0.15) is 18.9 Å². The Hall–Kier alpha value is 0.290. The molecule has 20 heavy (non-hydrogen) atoms. The number of benzene rings is 1. The largest absolute Gasteiger partial charge is 0.316 e. The topological polar surface area (TPSA) is 12.0 Å². The van der Waals surface area contributed by atoms with Crippen molar-refractivity contribution in [3.63, 3.8) is 0 Å². The minimum atomic E-state index is -0.185. The maximum absolute atomic E-state index is 13.2. The van der Waals surface area contributed by atoms with E-state index in [4.69, 9.17) is 0 Å². The van der Waals surface area contributed by atoms with E-state index in [9.17, 15) is 4.39 Å². The molecule has 0 saturated carbocycles. The lowest BCUT2D eigenvalue weighted by Crippen LogP contribution is -2.45. The van der Waals surface area contributed by atoms with E-state index in [0.717, 1.165) is 10.9 Å². The predicted octanol–water partition coefficient (Wildman–Crippen LogP) is 4.35. The van der Waals surface area contributed by atoms with Gasteiger partial charge in [-0.15, -0.1) is 0 Å². The average Bonchev–Trinajstić information content (AvgIpc) is 2.46. The number of hydrogen-bond donors (Lipinski definition) is 1. The van der Waals surface area contributed by atoms with Crippen LogP contribution in [0.4, 0.5) is 4.39 Å². The van der Waals surface area contributed by atoms with Crippen LogP contribution >= 0.6 is 39.5 Å². The second-order valence-corrected chi connectivity index (χ2v) is 8.48. The van der Waals surface area contributed by atoms with Gasteiger partial charge in [-0.3, -0.25) is 0 Å². The lowest BCUT2D eigenvalue weighted by atomic mass is 10.0. The summed E-state index contributed by atoms with van der Waals surface area (Å²) in [6.45, 7) is 2.27. The minimum absolute atomic E-state index is 0.185. The van der Waals surface area contributed by atoms with E-state index in [-0.39, 0.29) is 5.82 Å². The normalized spacial score (nSPS) is 24.6. The molecule has 5 heteroatoms. The summed E-state index contributed by atoms with van der Waals surface area (Å²) in [5.41, 5.74) is 1.18. The van der Waals surface area contributed by atoms with Crippen LogP contribution in [0.15, 0.2) is 22.7 Å². The Kier molecular flexibility index (Phi) is 6.72. The summed E-state index contributed by atoms with van der Waals surface area (Å²) in [6.07, 6.45) is 2.15. The van der Waals surface area contributed by atoms with Gasteiger partial charge in [-0.05, 0) is 37.6 Å². The van der Waals surface area contributed by atoms with Crippen LogP contribution in [0.3, 0.4) is 0 Å². The second kappa shape index (κ2) is 8.06. The monoisotopic (exact) mass is 377 g/mol. The fourth-order valence-electron chi connectivity index (χ4n) is 2.62. The Balaban J connectivity index is 2.11. The highest BCUT2D eigenvalue weighted by Gasteiger charge is 2.31. The lowest BCUT2D eigenvalue weighted by molar-refractivity contribution is 0.516. The molecular formula is C15H21BrFNS2. The molecular weight excluding hydrogens is 357 g/mol. The summed E-state index contributed by atoms with van der Waals surface area (Å²) in [7, 11) is 2.04. The van der Waals surface area contributed by atoms with Gasteiger partial charge in [0.15, 0.2) is 0 Å². The lowest BCUT2D eigenvalue weighted by Gasteiger charge is -2.36. The second-order valence-electron chi connectivity index (χ2n) is 4.99. The van der Waals surface area contributed by atoms with Crippen molar-refractivity contribution in [2.75, 3.05) is 18.6 Å². The first-order valence-corrected chi connectivity index (χ1v) is 9.89. The number of thioether (sulfide) groups is 2. The van der Waals surface area contributed by atoms with Crippen LogP contribution in [-0.2, 0) is 6.42 Å². The smallest absolute Gasteiger partial charge is 0.124 e. The fourth-order valence-corrected chi connectivity index (χ4v) is 6.43. The zero-order chi connectivity index (χ0) is 14.5. The zero-order valence-corrected chi connectivity index (χ0v) is 15.1. The summed E-state index contributed by atoms with van der Waals surface area (Å²) < 4.78 is 14.1. The van der Waals surface area contributed by atoms with E-state index in [0.29, 0.717) is 16.5 Å². The zero-order valence-electron chi connectivity index (χ0n) is 11.9. The first kappa shape index (κ1) is 16.7. The molecule has 0 bridgehead atoms. The van der Waals surface area contributed by atoms with Gasteiger partial charge >= 0.3 is 0 Å². The van der Waals surface area contributed by atoms with Crippen LogP contribution in [0.2, 0.25) is 0 Å². The standard InChI is InChI=1S/C15H21BrFNS2/c1-3-14-15(20-7-6-19-14)13(18-2)8-10-4-5-11(17)9-12(10)16/h4-5,9,13-15,18H,3,6-8H2,1-2H3. The van der Waals surface area contributed by atoms with Crippen molar-refractivity contribution >= 4 is 39.5 Å². The molecule has 1 nitrogen and oxygen atoms in total. The van der Waals surface area contributed by atoms with Crippen LogP contribution in [0.25, 0.3) is 0 Å². The van der Waals surface area contributed by atoms with Gasteiger partial charge in [0.2, 0.25) is 0 Å². The van der Waals surface area contributed by atoms with Crippen LogP contribution in [-0.4, -0.2) is 35.1 Å². The number of nitrogens with one attached hydrogen (secondary N) is 1. The molecule has 2 rings (SSSR count). The quantitative estimate of drug-likeness (QED) is 0.818. The summed E-state index contributed by atoms with van der Waals surface area (Å²) in [5, 5.41) is 4.82. The van der Waals surface area contributed by atoms with Gasteiger partial charge in [-0.1, -0.05) is 28.9 Å². The third-order valence-corrected chi connectivity index (χ3v) is 7.86. The van der Waals surface area contributed by atoms with Crippen molar-refractivity contribution in [1.82, 2.24) is 5.32 Å². The Morgan fingerprint density at radius 1 is 1.40 bits per heavy atom. The van der Waals surface area contributed by atoms with Crippen LogP contribution in [0, 0.1) is 5.82 Å². The van der Waals surface area contributed by atoms with E-state index in [1.807, 2.05) is 13.1 Å². The molecule has 1 aromatic carbocycles. The maximum atomic E-state index is 13.2. The van der Waals surface area contributed by atoms with E-state index in [2.05, 4.69) is 51.7 Å². The minimum Gasteiger partial charge on any atom is -0.316 e. The van der Waals surface area contributed by atoms with E-state index >= 15 is 0 Å². The first-order valence-electron chi connectivity index (χ1n) is 7.00.